The highest BCUT2D eigenvalue weighted by Crippen LogP contribution is 2.51. The molecule has 0 saturated carbocycles. The van der Waals surface area contributed by atoms with Crippen molar-refractivity contribution in [2.75, 3.05) is 13.2 Å². The van der Waals surface area contributed by atoms with Gasteiger partial charge in [-0.15, -0.1) is 22.7 Å². The van der Waals surface area contributed by atoms with E-state index in [9.17, 15) is 0 Å². The molecule has 9 heteroatoms. The highest BCUT2D eigenvalue weighted by Gasteiger charge is 2.20. The lowest BCUT2D eigenvalue weighted by Crippen LogP contribution is -1.90. The van der Waals surface area contributed by atoms with Crippen molar-refractivity contribution in [2.24, 2.45) is 0 Å². The van der Waals surface area contributed by atoms with Gasteiger partial charge in [-0.1, -0.05) is 11.8 Å². The van der Waals surface area contributed by atoms with Gasteiger partial charge in [0.05, 0.1) is 16.0 Å². The summed E-state index contributed by atoms with van der Waals surface area (Å²) in [7, 11) is 0. The third-order valence-corrected chi connectivity index (χ3v) is 10.8. The lowest BCUT2D eigenvalue weighted by molar-refractivity contribution is 0.299. The van der Waals surface area contributed by atoms with E-state index >= 15 is 0 Å². The van der Waals surface area contributed by atoms with Gasteiger partial charge < -0.3 is 10.2 Å². The Hall–Kier alpha value is 1.59. The first-order chi connectivity index (χ1) is 9.99. The number of halogens is 4. The summed E-state index contributed by atoms with van der Waals surface area (Å²) in [6.45, 7) is 0.264. The summed E-state index contributed by atoms with van der Waals surface area (Å²) < 4.78 is 6.48. The van der Waals surface area contributed by atoms with Crippen LogP contribution < -0.4 is 0 Å². The van der Waals surface area contributed by atoms with Crippen molar-refractivity contribution in [3.63, 3.8) is 0 Å². The molecule has 116 valence electrons. The molecule has 2 heterocycles. The molecule has 0 fully saturated rings. The Labute approximate surface area is 168 Å². The van der Waals surface area contributed by atoms with Gasteiger partial charge >= 0.3 is 0 Å². The van der Waals surface area contributed by atoms with Crippen LogP contribution in [0.1, 0.15) is 11.1 Å². The molecule has 0 atom stereocenters. The molecule has 2 rings (SSSR count). The summed E-state index contributed by atoms with van der Waals surface area (Å²) in [5, 5.41) is 18.3. The van der Waals surface area contributed by atoms with Crippen molar-refractivity contribution >= 4 is 98.2 Å². The van der Waals surface area contributed by atoms with Crippen LogP contribution in [0.25, 0.3) is 0 Å². The Morgan fingerprint density at radius 2 is 1.14 bits per heavy atom. The average Bonchev–Trinajstić information content (AvgIpc) is 2.85. The second-order valence-electron chi connectivity index (χ2n) is 3.96. The molecule has 0 spiro atoms. The van der Waals surface area contributed by atoms with Crippen LogP contribution in [0, 0.1) is 0 Å². The smallest absolute Gasteiger partial charge is 0.0811 e. The molecule has 0 aliphatic carbocycles. The fourth-order valence-corrected chi connectivity index (χ4v) is 10.1. The lowest BCUT2D eigenvalue weighted by atomic mass is 10.3. The highest BCUT2D eigenvalue weighted by molar-refractivity contribution is 9.12. The first-order valence-electron chi connectivity index (χ1n) is 5.82. The minimum Gasteiger partial charge on any atom is -0.396 e. The molecule has 0 aromatic carbocycles. The van der Waals surface area contributed by atoms with Crippen LogP contribution in [-0.2, 0) is 12.8 Å². The lowest BCUT2D eigenvalue weighted by Gasteiger charge is -2.00. The number of thiophene rings is 2. The Balaban J connectivity index is 2.31. The van der Waals surface area contributed by atoms with Crippen LogP contribution in [0.15, 0.2) is 24.9 Å². The van der Waals surface area contributed by atoms with Gasteiger partial charge in [0, 0.05) is 22.2 Å². The third-order valence-electron chi connectivity index (χ3n) is 2.64. The van der Waals surface area contributed by atoms with E-state index in [2.05, 4.69) is 63.7 Å². The van der Waals surface area contributed by atoms with Crippen molar-refractivity contribution in [3.8, 4) is 0 Å². The van der Waals surface area contributed by atoms with Gasteiger partial charge in [-0.05, 0) is 87.7 Å². The molecule has 21 heavy (non-hydrogen) atoms. The van der Waals surface area contributed by atoms with Gasteiger partial charge in [0.1, 0.15) is 0 Å². The van der Waals surface area contributed by atoms with Gasteiger partial charge in [0.15, 0.2) is 0 Å². The Morgan fingerprint density at radius 3 is 1.48 bits per heavy atom. The van der Waals surface area contributed by atoms with Crippen molar-refractivity contribution in [1.29, 1.82) is 0 Å². The molecule has 2 N–H and O–H groups in total. The van der Waals surface area contributed by atoms with E-state index in [1.807, 2.05) is 0 Å². The molecule has 0 aliphatic rings. The molecular formula is C12H10Br4O2S3. The fraction of sp³-hybridized carbons (Fsp3) is 0.333. The maximum atomic E-state index is 9.13. The zero-order chi connectivity index (χ0) is 15.6. The van der Waals surface area contributed by atoms with E-state index in [1.54, 1.807) is 34.4 Å². The van der Waals surface area contributed by atoms with E-state index in [0.717, 1.165) is 36.1 Å². The summed E-state index contributed by atoms with van der Waals surface area (Å²) in [5.41, 5.74) is 2.21. The van der Waals surface area contributed by atoms with Crippen LogP contribution in [-0.4, -0.2) is 23.4 Å². The number of hydrogen-bond acceptors (Lipinski definition) is 5. The minimum atomic E-state index is 0.132. The molecule has 0 bridgehead atoms. The maximum absolute atomic E-state index is 9.13. The molecule has 2 aromatic heterocycles. The average molecular weight is 602 g/mol. The Morgan fingerprint density at radius 1 is 0.762 bits per heavy atom. The summed E-state index contributed by atoms with van der Waals surface area (Å²) in [6.07, 6.45) is 1.26. The van der Waals surface area contributed by atoms with E-state index in [4.69, 9.17) is 10.2 Å². The number of aliphatic hydroxyl groups excluding tert-OH is 2. The molecule has 0 amide bonds. The monoisotopic (exact) mass is 598 g/mol. The summed E-state index contributed by atoms with van der Waals surface area (Å²) >= 11 is 19.4. The molecule has 0 aliphatic heterocycles. The third kappa shape index (κ3) is 4.36. The zero-order valence-electron chi connectivity index (χ0n) is 10.5. The second kappa shape index (κ2) is 8.62. The van der Waals surface area contributed by atoms with E-state index in [-0.39, 0.29) is 13.2 Å². The Bertz CT molecular complexity index is 585. The largest absolute Gasteiger partial charge is 0.396 e. The maximum Gasteiger partial charge on any atom is 0.0811 e. The van der Waals surface area contributed by atoms with Gasteiger partial charge in [0.2, 0.25) is 0 Å². The van der Waals surface area contributed by atoms with Crippen LogP contribution >= 0.6 is 98.2 Å². The Kier molecular flexibility index (Phi) is 7.77. The molecule has 0 saturated heterocycles. The zero-order valence-corrected chi connectivity index (χ0v) is 19.3. The quantitative estimate of drug-likeness (QED) is 0.422. The first-order valence-corrected chi connectivity index (χ1v) is 11.4. The van der Waals surface area contributed by atoms with Gasteiger partial charge in [-0.3, -0.25) is 0 Å². The molecule has 2 aromatic rings. The molecule has 2 nitrogen and oxygen atoms in total. The predicted octanol–water partition coefficient (Wildman–Crippen LogP) is 6.08. The van der Waals surface area contributed by atoms with Crippen LogP contribution in [0.2, 0.25) is 0 Å². The van der Waals surface area contributed by atoms with E-state index in [1.165, 1.54) is 0 Å². The summed E-state index contributed by atoms with van der Waals surface area (Å²) in [5.74, 6) is 0. The molecule has 0 radical (unpaired) electrons. The van der Waals surface area contributed by atoms with Crippen molar-refractivity contribution < 1.29 is 10.2 Å². The van der Waals surface area contributed by atoms with Crippen LogP contribution in [0.4, 0.5) is 0 Å². The normalized spacial score (nSPS) is 11.3. The van der Waals surface area contributed by atoms with Crippen molar-refractivity contribution in [2.45, 2.75) is 21.3 Å². The number of hydrogen-bond donors (Lipinski definition) is 2. The summed E-state index contributed by atoms with van der Waals surface area (Å²) in [6, 6.07) is 0. The standard InChI is InChI=1S/C12H10Br4O2S3/c13-7-5(1-3-17)9(15)19-11(7)21-12-8(14)6(2-4-18)10(16)20-12/h17-18H,1-4H2. The van der Waals surface area contributed by atoms with Crippen LogP contribution in [0.5, 0.6) is 0 Å². The summed E-state index contributed by atoms with van der Waals surface area (Å²) in [4.78, 5) is 0. The first kappa shape index (κ1) is 18.9. The second-order valence-corrected chi connectivity index (χ2v) is 11.8. The van der Waals surface area contributed by atoms with E-state index in [0.29, 0.717) is 12.8 Å². The highest BCUT2D eigenvalue weighted by atomic mass is 79.9. The predicted molar refractivity (Wildman–Crippen MR) is 105 cm³/mol. The van der Waals surface area contributed by atoms with E-state index < -0.39 is 0 Å². The van der Waals surface area contributed by atoms with Crippen molar-refractivity contribution in [3.05, 3.63) is 27.6 Å². The minimum absolute atomic E-state index is 0.132. The van der Waals surface area contributed by atoms with Crippen molar-refractivity contribution in [1.82, 2.24) is 0 Å². The molecular weight excluding hydrogens is 592 g/mol. The van der Waals surface area contributed by atoms with Gasteiger partial charge in [-0.2, -0.15) is 0 Å². The number of rotatable bonds is 6. The molecule has 0 unspecified atom stereocenters. The fourth-order valence-electron chi connectivity index (χ4n) is 1.65. The SMILES string of the molecule is OCCc1c(Br)sc(Sc2sc(Br)c(CCO)c2Br)c1Br. The van der Waals surface area contributed by atoms with Crippen LogP contribution in [0.3, 0.4) is 0 Å². The topological polar surface area (TPSA) is 40.5 Å². The van der Waals surface area contributed by atoms with Gasteiger partial charge in [0.25, 0.3) is 0 Å². The van der Waals surface area contributed by atoms with Gasteiger partial charge in [-0.25, -0.2) is 0 Å². The number of aliphatic hydroxyl groups is 2.